The lowest BCUT2D eigenvalue weighted by atomic mass is 10.0. The fraction of sp³-hybridized carbons (Fsp3) is 0.737. The van der Waals surface area contributed by atoms with Crippen molar-refractivity contribution in [1.82, 2.24) is 24.9 Å². The van der Waals surface area contributed by atoms with Gasteiger partial charge in [0.15, 0.2) is 5.69 Å². The molecule has 0 spiro atoms. The molecule has 3 rings (SSSR count). The lowest BCUT2D eigenvalue weighted by molar-refractivity contribution is 0.0221. The molecule has 0 bridgehead atoms. The predicted octanol–water partition coefficient (Wildman–Crippen LogP) is 1.87. The number of H-pyrrole nitrogens is 1. The van der Waals surface area contributed by atoms with E-state index in [2.05, 4.69) is 22.1 Å². The highest BCUT2D eigenvalue weighted by molar-refractivity contribution is 5.94. The second-order valence-corrected chi connectivity index (χ2v) is 8.63. The zero-order valence-corrected chi connectivity index (χ0v) is 17.0. The maximum absolute atomic E-state index is 13.0. The van der Waals surface area contributed by atoms with E-state index in [1.165, 1.54) is 0 Å². The van der Waals surface area contributed by atoms with E-state index in [-0.39, 0.29) is 18.0 Å². The average Bonchev–Trinajstić information content (AvgIpc) is 3.02. The maximum Gasteiger partial charge on any atom is 0.410 e. The van der Waals surface area contributed by atoms with Crippen molar-refractivity contribution in [3.8, 4) is 0 Å². The Morgan fingerprint density at radius 3 is 2.52 bits per heavy atom. The van der Waals surface area contributed by atoms with E-state index in [0.717, 1.165) is 37.2 Å². The number of carbonyl (C=O) groups is 2. The number of likely N-dealkylation sites (tertiary alicyclic amines) is 1. The van der Waals surface area contributed by atoms with Gasteiger partial charge >= 0.3 is 6.09 Å². The van der Waals surface area contributed by atoms with Crippen LogP contribution in [-0.4, -0.2) is 82.3 Å². The monoisotopic (exact) mass is 377 g/mol. The number of piperidine rings is 1. The predicted molar refractivity (Wildman–Crippen MR) is 102 cm³/mol. The number of aromatic nitrogens is 2. The van der Waals surface area contributed by atoms with Gasteiger partial charge in [-0.05, 0) is 60.2 Å². The number of nitrogens with one attached hydrogen (secondary N) is 1. The van der Waals surface area contributed by atoms with Crippen molar-refractivity contribution in [3.05, 3.63) is 17.0 Å². The first-order valence-corrected chi connectivity index (χ1v) is 9.65. The molecular weight excluding hydrogens is 346 g/mol. The molecule has 8 nitrogen and oxygen atoms in total. The van der Waals surface area contributed by atoms with Crippen molar-refractivity contribution in [2.24, 2.45) is 0 Å². The van der Waals surface area contributed by atoms with Gasteiger partial charge in [0.25, 0.3) is 5.91 Å². The third kappa shape index (κ3) is 4.43. The summed E-state index contributed by atoms with van der Waals surface area (Å²) in [5, 5.41) is 7.26. The van der Waals surface area contributed by atoms with Crippen molar-refractivity contribution in [2.75, 3.05) is 33.7 Å². The van der Waals surface area contributed by atoms with Crippen molar-refractivity contribution < 1.29 is 14.3 Å². The van der Waals surface area contributed by atoms with E-state index < -0.39 is 5.60 Å². The summed E-state index contributed by atoms with van der Waals surface area (Å²) in [5.41, 5.74) is 1.73. The molecule has 150 valence electrons. The molecule has 1 aromatic rings. The van der Waals surface area contributed by atoms with E-state index in [9.17, 15) is 9.59 Å². The first kappa shape index (κ1) is 19.7. The number of carbonyl (C=O) groups excluding carboxylic acids is 2. The topological polar surface area (TPSA) is 81.8 Å². The lowest BCUT2D eigenvalue weighted by Gasteiger charge is -2.35. The smallest absolute Gasteiger partial charge is 0.410 e. The Morgan fingerprint density at radius 2 is 1.89 bits per heavy atom. The molecular formula is C19H31N5O3. The van der Waals surface area contributed by atoms with Crippen LogP contribution in [-0.2, 0) is 17.7 Å². The fourth-order valence-electron chi connectivity index (χ4n) is 3.69. The number of rotatable bonds is 2. The largest absolute Gasteiger partial charge is 0.444 e. The number of hydrogen-bond acceptors (Lipinski definition) is 5. The van der Waals surface area contributed by atoms with Crippen molar-refractivity contribution in [2.45, 2.75) is 58.2 Å². The zero-order chi connectivity index (χ0) is 19.8. The van der Waals surface area contributed by atoms with Crippen LogP contribution < -0.4 is 0 Å². The molecule has 1 N–H and O–H groups in total. The summed E-state index contributed by atoms with van der Waals surface area (Å²) in [6.45, 7) is 8.49. The Balaban J connectivity index is 1.67. The van der Waals surface area contributed by atoms with E-state index in [4.69, 9.17) is 4.74 Å². The van der Waals surface area contributed by atoms with Crippen LogP contribution in [0.3, 0.4) is 0 Å². The average molecular weight is 377 g/mol. The van der Waals surface area contributed by atoms with Gasteiger partial charge in [0.1, 0.15) is 5.60 Å². The van der Waals surface area contributed by atoms with Crippen LogP contribution in [0.25, 0.3) is 0 Å². The number of aromatic amines is 1. The van der Waals surface area contributed by atoms with Crippen molar-refractivity contribution in [3.63, 3.8) is 0 Å². The van der Waals surface area contributed by atoms with Gasteiger partial charge < -0.3 is 19.4 Å². The van der Waals surface area contributed by atoms with Gasteiger partial charge in [-0.3, -0.25) is 9.89 Å². The molecule has 3 heterocycles. The van der Waals surface area contributed by atoms with Crippen LogP contribution in [0.15, 0.2) is 0 Å². The number of amides is 2. The zero-order valence-electron chi connectivity index (χ0n) is 17.0. The summed E-state index contributed by atoms with van der Waals surface area (Å²) < 4.78 is 5.45. The van der Waals surface area contributed by atoms with E-state index >= 15 is 0 Å². The van der Waals surface area contributed by atoms with Crippen LogP contribution in [0.2, 0.25) is 0 Å². The highest BCUT2D eigenvalue weighted by atomic mass is 16.6. The molecule has 1 aromatic heterocycles. The number of hydrogen-bond donors (Lipinski definition) is 1. The Hall–Kier alpha value is -2.09. The quantitative estimate of drug-likeness (QED) is 0.851. The number of nitrogens with zero attached hydrogens (tertiary/aromatic N) is 4. The summed E-state index contributed by atoms with van der Waals surface area (Å²) in [6, 6.07) is 0.253. The molecule has 1 fully saturated rings. The van der Waals surface area contributed by atoms with Crippen LogP contribution in [0, 0.1) is 0 Å². The minimum atomic E-state index is -0.525. The number of fused-ring (bicyclic) bond motifs is 1. The van der Waals surface area contributed by atoms with Crippen LogP contribution >= 0.6 is 0 Å². The Labute approximate surface area is 160 Å². The van der Waals surface area contributed by atoms with Gasteiger partial charge in [-0.15, -0.1) is 0 Å². The Morgan fingerprint density at radius 1 is 1.22 bits per heavy atom. The summed E-state index contributed by atoms with van der Waals surface area (Å²) in [4.78, 5) is 31.1. The SMILES string of the molecule is CN1CCC(N(C)C(=O)c2n[nH]c3c2CCN(C(=O)OC(C)(C)C)C3)CC1. The molecule has 0 radical (unpaired) electrons. The summed E-state index contributed by atoms with van der Waals surface area (Å²) in [5.74, 6) is -0.0345. The lowest BCUT2D eigenvalue weighted by Crippen LogP contribution is -2.45. The van der Waals surface area contributed by atoms with Crippen molar-refractivity contribution >= 4 is 12.0 Å². The van der Waals surface area contributed by atoms with Crippen LogP contribution in [0.1, 0.15) is 55.4 Å². The molecule has 0 aliphatic carbocycles. The fourth-order valence-corrected chi connectivity index (χ4v) is 3.69. The van der Waals surface area contributed by atoms with Gasteiger partial charge in [-0.25, -0.2) is 4.79 Å². The van der Waals surface area contributed by atoms with Gasteiger partial charge in [0, 0.05) is 25.2 Å². The van der Waals surface area contributed by atoms with Gasteiger partial charge in [0.2, 0.25) is 0 Å². The Kier molecular flexibility index (Phi) is 5.46. The second kappa shape index (κ2) is 7.50. The third-order valence-electron chi connectivity index (χ3n) is 5.34. The van der Waals surface area contributed by atoms with Crippen molar-refractivity contribution in [1.29, 1.82) is 0 Å². The molecule has 0 atom stereocenters. The summed E-state index contributed by atoms with van der Waals surface area (Å²) in [7, 11) is 3.98. The minimum Gasteiger partial charge on any atom is -0.444 e. The van der Waals surface area contributed by atoms with Gasteiger partial charge in [0.05, 0.1) is 12.2 Å². The van der Waals surface area contributed by atoms with Gasteiger partial charge in [-0.1, -0.05) is 0 Å². The summed E-state index contributed by atoms with van der Waals surface area (Å²) in [6.07, 6.45) is 2.24. The highest BCUT2D eigenvalue weighted by Gasteiger charge is 2.32. The molecule has 1 saturated heterocycles. The third-order valence-corrected chi connectivity index (χ3v) is 5.34. The highest BCUT2D eigenvalue weighted by Crippen LogP contribution is 2.24. The van der Waals surface area contributed by atoms with E-state index in [1.54, 1.807) is 4.90 Å². The molecule has 2 amide bonds. The second-order valence-electron chi connectivity index (χ2n) is 8.63. The number of ether oxygens (including phenoxy) is 1. The minimum absolute atomic E-state index is 0.0345. The Bertz CT molecular complexity index is 701. The molecule has 0 aromatic carbocycles. The summed E-state index contributed by atoms with van der Waals surface area (Å²) >= 11 is 0. The molecule has 0 unspecified atom stereocenters. The first-order valence-electron chi connectivity index (χ1n) is 9.65. The molecule has 0 saturated carbocycles. The van der Waals surface area contributed by atoms with E-state index in [0.29, 0.717) is 25.2 Å². The van der Waals surface area contributed by atoms with E-state index in [1.807, 2.05) is 32.7 Å². The molecule has 8 heteroatoms. The molecule has 27 heavy (non-hydrogen) atoms. The van der Waals surface area contributed by atoms with Gasteiger partial charge in [-0.2, -0.15) is 5.10 Å². The van der Waals surface area contributed by atoms with Crippen LogP contribution in [0.4, 0.5) is 4.79 Å². The normalized spacial score (nSPS) is 18.9. The van der Waals surface area contributed by atoms with Crippen LogP contribution in [0.5, 0.6) is 0 Å². The molecule has 2 aliphatic heterocycles. The molecule has 2 aliphatic rings. The maximum atomic E-state index is 13.0. The standard InChI is InChI=1S/C19H31N5O3/c1-19(2,3)27-18(26)24-11-8-14-15(12-24)20-21-16(14)17(25)23(5)13-6-9-22(4)10-7-13/h13H,6-12H2,1-5H3,(H,20,21). The first-order chi connectivity index (χ1) is 12.7.